The van der Waals surface area contributed by atoms with Crippen LogP contribution in [0.25, 0.3) is 0 Å². The molecular formula is C14H23N3O. The molecule has 0 saturated carbocycles. The molecule has 2 N–H and O–H groups in total. The van der Waals surface area contributed by atoms with E-state index in [1.807, 2.05) is 38.2 Å². The van der Waals surface area contributed by atoms with Gasteiger partial charge in [0.25, 0.3) is 5.91 Å². The Morgan fingerprint density at radius 2 is 1.89 bits per heavy atom. The van der Waals surface area contributed by atoms with Crippen LogP contribution in [-0.4, -0.2) is 38.5 Å². The van der Waals surface area contributed by atoms with E-state index in [-0.39, 0.29) is 5.91 Å². The molecule has 4 heteroatoms. The number of hydrogen-bond donors (Lipinski definition) is 1. The molecule has 0 saturated heterocycles. The van der Waals surface area contributed by atoms with Gasteiger partial charge in [-0.05, 0) is 24.1 Å². The van der Waals surface area contributed by atoms with Crippen LogP contribution >= 0.6 is 0 Å². The number of carbonyl (C=O) groups excluding carboxylic acids is 1. The van der Waals surface area contributed by atoms with E-state index in [1.165, 1.54) is 0 Å². The number of anilines is 2. The van der Waals surface area contributed by atoms with Gasteiger partial charge in [0.05, 0.1) is 11.4 Å². The predicted octanol–water partition coefficient (Wildman–Crippen LogP) is 2.06. The van der Waals surface area contributed by atoms with Crippen molar-refractivity contribution in [2.24, 2.45) is 5.92 Å². The summed E-state index contributed by atoms with van der Waals surface area (Å²) >= 11 is 0. The Hall–Kier alpha value is -1.71. The maximum Gasteiger partial charge on any atom is 0.253 e. The summed E-state index contributed by atoms with van der Waals surface area (Å²) in [6.07, 6.45) is 0. The van der Waals surface area contributed by atoms with Crippen molar-refractivity contribution < 1.29 is 4.79 Å². The fourth-order valence-corrected chi connectivity index (χ4v) is 1.95. The van der Waals surface area contributed by atoms with Gasteiger partial charge in [0.1, 0.15) is 0 Å². The molecule has 0 unspecified atom stereocenters. The molecule has 1 rings (SSSR count). The number of nitrogen functional groups attached to an aromatic ring is 1. The second kappa shape index (κ2) is 5.76. The minimum absolute atomic E-state index is 0.0145. The van der Waals surface area contributed by atoms with E-state index in [0.717, 1.165) is 12.2 Å². The summed E-state index contributed by atoms with van der Waals surface area (Å²) in [5, 5.41) is 0. The van der Waals surface area contributed by atoms with E-state index in [0.29, 0.717) is 17.2 Å². The van der Waals surface area contributed by atoms with Crippen LogP contribution in [0.3, 0.4) is 0 Å². The van der Waals surface area contributed by atoms with Gasteiger partial charge in [-0.15, -0.1) is 0 Å². The topological polar surface area (TPSA) is 49.6 Å². The Kier molecular flexibility index (Phi) is 4.59. The van der Waals surface area contributed by atoms with Crippen molar-refractivity contribution in [3.63, 3.8) is 0 Å². The lowest BCUT2D eigenvalue weighted by Crippen LogP contribution is -2.30. The zero-order valence-corrected chi connectivity index (χ0v) is 11.9. The largest absolute Gasteiger partial charge is 0.397 e. The number of amides is 1. The summed E-state index contributed by atoms with van der Waals surface area (Å²) in [5.74, 6) is 0.470. The Morgan fingerprint density at radius 3 is 2.33 bits per heavy atom. The molecule has 0 fully saturated rings. The van der Waals surface area contributed by atoms with Crippen molar-refractivity contribution in [3.8, 4) is 0 Å². The molecule has 1 amide bonds. The molecule has 0 bridgehead atoms. The molecule has 0 atom stereocenters. The molecule has 0 aliphatic rings. The molecule has 4 nitrogen and oxygen atoms in total. The summed E-state index contributed by atoms with van der Waals surface area (Å²) in [7, 11) is 5.68. The van der Waals surface area contributed by atoms with E-state index in [9.17, 15) is 4.79 Å². The Bertz CT molecular complexity index is 427. The van der Waals surface area contributed by atoms with Gasteiger partial charge >= 0.3 is 0 Å². The monoisotopic (exact) mass is 249 g/mol. The Morgan fingerprint density at radius 1 is 1.28 bits per heavy atom. The molecule has 0 aromatic heterocycles. The molecule has 1 aromatic carbocycles. The average molecular weight is 249 g/mol. The van der Waals surface area contributed by atoms with Crippen LogP contribution in [-0.2, 0) is 0 Å². The van der Waals surface area contributed by atoms with Gasteiger partial charge in [0, 0.05) is 33.3 Å². The van der Waals surface area contributed by atoms with Crippen LogP contribution in [0.4, 0.5) is 11.4 Å². The van der Waals surface area contributed by atoms with Crippen molar-refractivity contribution >= 4 is 17.3 Å². The summed E-state index contributed by atoms with van der Waals surface area (Å²) < 4.78 is 0. The van der Waals surface area contributed by atoms with Gasteiger partial charge in [0.15, 0.2) is 0 Å². The lowest BCUT2D eigenvalue weighted by atomic mass is 10.1. The van der Waals surface area contributed by atoms with E-state index in [4.69, 9.17) is 5.73 Å². The maximum absolute atomic E-state index is 12.2. The van der Waals surface area contributed by atoms with Crippen molar-refractivity contribution in [3.05, 3.63) is 23.8 Å². The molecule has 18 heavy (non-hydrogen) atoms. The Labute approximate surface area is 109 Å². The predicted molar refractivity (Wildman–Crippen MR) is 77.0 cm³/mol. The van der Waals surface area contributed by atoms with Crippen LogP contribution in [0.5, 0.6) is 0 Å². The van der Waals surface area contributed by atoms with E-state index in [1.54, 1.807) is 11.0 Å². The zero-order chi connectivity index (χ0) is 13.9. The second-order valence-electron chi connectivity index (χ2n) is 5.25. The number of rotatable bonds is 4. The van der Waals surface area contributed by atoms with E-state index >= 15 is 0 Å². The maximum atomic E-state index is 12.2. The molecule has 0 spiro atoms. The highest BCUT2D eigenvalue weighted by molar-refractivity contribution is 5.96. The quantitative estimate of drug-likeness (QED) is 0.831. The summed E-state index contributed by atoms with van der Waals surface area (Å²) in [6, 6.07) is 5.45. The van der Waals surface area contributed by atoms with Crippen molar-refractivity contribution in [2.75, 3.05) is 38.3 Å². The smallest absolute Gasteiger partial charge is 0.253 e. The number of carbonyl (C=O) groups is 1. The highest BCUT2D eigenvalue weighted by Gasteiger charge is 2.14. The standard InChI is InChI=1S/C14H23N3O/c1-10(2)9-17(5)14(18)11-6-7-13(16(3)4)12(15)8-11/h6-8,10H,9,15H2,1-5H3. The van der Waals surface area contributed by atoms with E-state index < -0.39 is 0 Å². The van der Waals surface area contributed by atoms with Gasteiger partial charge < -0.3 is 15.5 Å². The van der Waals surface area contributed by atoms with Crippen molar-refractivity contribution in [1.82, 2.24) is 4.90 Å². The first kappa shape index (κ1) is 14.4. The SMILES string of the molecule is CC(C)CN(C)C(=O)c1ccc(N(C)C)c(N)c1. The molecular weight excluding hydrogens is 226 g/mol. The third-order valence-corrected chi connectivity index (χ3v) is 2.74. The highest BCUT2D eigenvalue weighted by Crippen LogP contribution is 2.22. The fourth-order valence-electron chi connectivity index (χ4n) is 1.95. The first-order chi connectivity index (χ1) is 8.32. The van der Waals surface area contributed by atoms with Gasteiger partial charge in [-0.3, -0.25) is 4.79 Å². The number of benzene rings is 1. The minimum atomic E-state index is 0.0145. The summed E-state index contributed by atoms with van der Waals surface area (Å²) in [5.41, 5.74) is 8.15. The number of hydrogen-bond acceptors (Lipinski definition) is 3. The molecule has 0 aliphatic carbocycles. The lowest BCUT2D eigenvalue weighted by molar-refractivity contribution is 0.0779. The van der Waals surface area contributed by atoms with Crippen LogP contribution in [0.1, 0.15) is 24.2 Å². The fraction of sp³-hybridized carbons (Fsp3) is 0.500. The van der Waals surface area contributed by atoms with E-state index in [2.05, 4.69) is 13.8 Å². The first-order valence-corrected chi connectivity index (χ1v) is 6.15. The molecule has 1 aromatic rings. The van der Waals surface area contributed by atoms with Crippen LogP contribution in [0.2, 0.25) is 0 Å². The average Bonchev–Trinajstić information content (AvgIpc) is 2.26. The van der Waals surface area contributed by atoms with Gasteiger partial charge in [-0.2, -0.15) is 0 Å². The lowest BCUT2D eigenvalue weighted by Gasteiger charge is -2.21. The third-order valence-electron chi connectivity index (χ3n) is 2.74. The molecule has 0 heterocycles. The zero-order valence-electron chi connectivity index (χ0n) is 11.9. The number of nitrogens with zero attached hydrogens (tertiary/aromatic N) is 2. The summed E-state index contributed by atoms with van der Waals surface area (Å²) in [4.78, 5) is 15.8. The normalized spacial score (nSPS) is 10.6. The third kappa shape index (κ3) is 3.39. The summed E-state index contributed by atoms with van der Waals surface area (Å²) in [6.45, 7) is 4.93. The Balaban J connectivity index is 2.91. The second-order valence-corrected chi connectivity index (χ2v) is 5.25. The van der Waals surface area contributed by atoms with Crippen LogP contribution in [0.15, 0.2) is 18.2 Å². The first-order valence-electron chi connectivity index (χ1n) is 6.15. The minimum Gasteiger partial charge on any atom is -0.397 e. The van der Waals surface area contributed by atoms with Crippen molar-refractivity contribution in [2.45, 2.75) is 13.8 Å². The number of nitrogens with two attached hydrogens (primary N) is 1. The van der Waals surface area contributed by atoms with Crippen LogP contribution < -0.4 is 10.6 Å². The molecule has 100 valence electrons. The molecule has 0 aliphatic heterocycles. The van der Waals surface area contributed by atoms with Gasteiger partial charge in [-0.25, -0.2) is 0 Å². The van der Waals surface area contributed by atoms with Gasteiger partial charge in [0.2, 0.25) is 0 Å². The van der Waals surface area contributed by atoms with Crippen LogP contribution in [0, 0.1) is 5.92 Å². The highest BCUT2D eigenvalue weighted by atomic mass is 16.2. The van der Waals surface area contributed by atoms with Crippen molar-refractivity contribution in [1.29, 1.82) is 0 Å². The van der Waals surface area contributed by atoms with Gasteiger partial charge in [-0.1, -0.05) is 13.8 Å². The molecule has 0 radical (unpaired) electrons.